The largest absolute Gasteiger partial charge is 0.324 e. The first-order valence-corrected chi connectivity index (χ1v) is 4.44. The second kappa shape index (κ2) is 3.75. The zero-order chi connectivity index (χ0) is 10.0. The van der Waals surface area contributed by atoms with Crippen molar-refractivity contribution in [2.24, 2.45) is 12.8 Å². The van der Waals surface area contributed by atoms with E-state index >= 15 is 0 Å². The van der Waals surface area contributed by atoms with Crippen molar-refractivity contribution < 1.29 is 0 Å². The fraction of sp³-hybridized carbons (Fsp3) is 0.500. The van der Waals surface area contributed by atoms with Gasteiger partial charge in [0, 0.05) is 24.3 Å². The Labute approximate surface area is 79.2 Å². The number of nitrogens with zero attached hydrogens (tertiary/aromatic N) is 2. The van der Waals surface area contributed by atoms with Crippen LogP contribution in [0.25, 0.3) is 0 Å². The molecule has 0 amide bonds. The van der Waals surface area contributed by atoms with Gasteiger partial charge in [-0.2, -0.15) is 5.10 Å². The molecule has 0 saturated heterocycles. The molecule has 0 bridgehead atoms. The SMILES string of the molecule is C=CCC(N)c1c(C)nn(C)c1C. The summed E-state index contributed by atoms with van der Waals surface area (Å²) >= 11 is 0. The van der Waals surface area contributed by atoms with Crippen LogP contribution >= 0.6 is 0 Å². The quantitative estimate of drug-likeness (QED) is 0.716. The van der Waals surface area contributed by atoms with Crippen molar-refractivity contribution in [1.82, 2.24) is 9.78 Å². The molecule has 3 nitrogen and oxygen atoms in total. The average Bonchev–Trinajstić information content (AvgIpc) is 2.27. The fourth-order valence-electron chi connectivity index (χ4n) is 1.62. The lowest BCUT2D eigenvalue weighted by molar-refractivity contribution is 0.712. The van der Waals surface area contributed by atoms with Gasteiger partial charge in [0.15, 0.2) is 0 Å². The first-order valence-electron chi connectivity index (χ1n) is 4.44. The lowest BCUT2D eigenvalue weighted by Crippen LogP contribution is -2.11. The van der Waals surface area contributed by atoms with Crippen molar-refractivity contribution in [1.29, 1.82) is 0 Å². The van der Waals surface area contributed by atoms with Crippen molar-refractivity contribution in [3.8, 4) is 0 Å². The normalized spacial score (nSPS) is 12.9. The first kappa shape index (κ1) is 9.99. The second-order valence-electron chi connectivity index (χ2n) is 3.34. The lowest BCUT2D eigenvalue weighted by atomic mass is 10.0. The second-order valence-corrected chi connectivity index (χ2v) is 3.34. The first-order chi connectivity index (χ1) is 6.07. The summed E-state index contributed by atoms with van der Waals surface area (Å²) in [5, 5.41) is 4.32. The number of rotatable bonds is 3. The fourth-order valence-corrected chi connectivity index (χ4v) is 1.62. The number of nitrogens with two attached hydrogens (primary N) is 1. The molecule has 72 valence electrons. The van der Waals surface area contributed by atoms with E-state index in [9.17, 15) is 0 Å². The van der Waals surface area contributed by atoms with Crippen LogP contribution in [0.1, 0.15) is 29.4 Å². The predicted molar refractivity (Wildman–Crippen MR) is 54.4 cm³/mol. The van der Waals surface area contributed by atoms with Gasteiger partial charge in [-0.25, -0.2) is 0 Å². The molecule has 2 N–H and O–H groups in total. The zero-order valence-electron chi connectivity index (χ0n) is 8.54. The van der Waals surface area contributed by atoms with Gasteiger partial charge in [-0.3, -0.25) is 4.68 Å². The topological polar surface area (TPSA) is 43.8 Å². The molecule has 1 unspecified atom stereocenters. The highest BCUT2D eigenvalue weighted by Gasteiger charge is 2.14. The minimum atomic E-state index is 0.0335. The van der Waals surface area contributed by atoms with Crippen molar-refractivity contribution in [2.45, 2.75) is 26.3 Å². The van der Waals surface area contributed by atoms with Gasteiger partial charge in [0.25, 0.3) is 0 Å². The van der Waals surface area contributed by atoms with E-state index in [1.165, 1.54) is 0 Å². The van der Waals surface area contributed by atoms with Gasteiger partial charge in [0.1, 0.15) is 0 Å². The van der Waals surface area contributed by atoms with Gasteiger partial charge >= 0.3 is 0 Å². The number of hydrogen-bond donors (Lipinski definition) is 1. The van der Waals surface area contributed by atoms with E-state index in [0.717, 1.165) is 23.4 Å². The smallest absolute Gasteiger partial charge is 0.0644 e. The molecule has 1 aromatic rings. The summed E-state index contributed by atoms with van der Waals surface area (Å²) in [5.41, 5.74) is 9.32. The summed E-state index contributed by atoms with van der Waals surface area (Å²) in [7, 11) is 1.94. The molecule has 1 rings (SSSR count). The number of aromatic nitrogens is 2. The Balaban J connectivity index is 3.05. The molecule has 0 aliphatic carbocycles. The zero-order valence-corrected chi connectivity index (χ0v) is 8.54. The molecule has 0 saturated carbocycles. The Morgan fingerprint density at radius 2 is 2.23 bits per heavy atom. The maximum atomic E-state index is 6.00. The predicted octanol–water partition coefficient (Wildman–Crippen LogP) is 1.61. The van der Waals surface area contributed by atoms with E-state index < -0.39 is 0 Å². The van der Waals surface area contributed by atoms with Crippen molar-refractivity contribution in [3.63, 3.8) is 0 Å². The molecule has 0 aliphatic rings. The summed E-state index contributed by atoms with van der Waals surface area (Å²) in [6, 6.07) is 0.0335. The standard InChI is InChI=1S/C10H17N3/c1-5-6-9(11)10-7(2)12-13(4)8(10)3/h5,9H,1,6,11H2,2-4H3. The average molecular weight is 179 g/mol. The summed E-state index contributed by atoms with van der Waals surface area (Å²) in [4.78, 5) is 0. The molecule has 1 aromatic heterocycles. The van der Waals surface area contributed by atoms with Gasteiger partial charge < -0.3 is 5.73 Å². The highest BCUT2D eigenvalue weighted by atomic mass is 15.3. The summed E-state index contributed by atoms with van der Waals surface area (Å²) in [6.45, 7) is 7.72. The molecule has 0 aromatic carbocycles. The molecule has 13 heavy (non-hydrogen) atoms. The van der Waals surface area contributed by atoms with E-state index in [-0.39, 0.29) is 6.04 Å². The monoisotopic (exact) mass is 179 g/mol. The van der Waals surface area contributed by atoms with Crippen LogP contribution in [0.2, 0.25) is 0 Å². The van der Waals surface area contributed by atoms with E-state index in [0.29, 0.717) is 0 Å². The molecule has 1 atom stereocenters. The lowest BCUT2D eigenvalue weighted by Gasteiger charge is -2.09. The molecule has 0 spiro atoms. The molecule has 3 heteroatoms. The Kier molecular flexibility index (Phi) is 2.88. The van der Waals surface area contributed by atoms with Gasteiger partial charge in [-0.05, 0) is 20.3 Å². The Morgan fingerprint density at radius 1 is 1.62 bits per heavy atom. The third-order valence-electron chi connectivity index (χ3n) is 2.36. The molecular weight excluding hydrogens is 162 g/mol. The van der Waals surface area contributed by atoms with Crippen LogP contribution in [0.5, 0.6) is 0 Å². The van der Waals surface area contributed by atoms with E-state index in [1.807, 2.05) is 31.7 Å². The molecule has 0 fully saturated rings. The third kappa shape index (κ3) is 1.80. The van der Waals surface area contributed by atoms with Crippen LogP contribution in [0.15, 0.2) is 12.7 Å². The van der Waals surface area contributed by atoms with E-state index in [4.69, 9.17) is 5.73 Å². The highest BCUT2D eigenvalue weighted by molar-refractivity contribution is 5.28. The maximum absolute atomic E-state index is 6.00. The minimum Gasteiger partial charge on any atom is -0.324 e. The third-order valence-corrected chi connectivity index (χ3v) is 2.36. The van der Waals surface area contributed by atoms with Crippen molar-refractivity contribution >= 4 is 0 Å². The van der Waals surface area contributed by atoms with Gasteiger partial charge in [-0.15, -0.1) is 6.58 Å². The summed E-state index contributed by atoms with van der Waals surface area (Å²) < 4.78 is 1.87. The Bertz CT molecular complexity index is 312. The van der Waals surface area contributed by atoms with Crippen LogP contribution in [0.4, 0.5) is 0 Å². The summed E-state index contributed by atoms with van der Waals surface area (Å²) in [5.74, 6) is 0. The van der Waals surface area contributed by atoms with Crippen molar-refractivity contribution in [3.05, 3.63) is 29.6 Å². The molecule has 1 heterocycles. The van der Waals surface area contributed by atoms with Gasteiger partial charge in [0.2, 0.25) is 0 Å². The summed E-state index contributed by atoms with van der Waals surface area (Å²) in [6.07, 6.45) is 2.64. The van der Waals surface area contributed by atoms with E-state index in [2.05, 4.69) is 11.7 Å². The van der Waals surface area contributed by atoms with Crippen LogP contribution in [0.3, 0.4) is 0 Å². The molecule has 0 aliphatic heterocycles. The van der Waals surface area contributed by atoms with Gasteiger partial charge in [0.05, 0.1) is 5.69 Å². The Morgan fingerprint density at radius 3 is 2.62 bits per heavy atom. The molecule has 0 radical (unpaired) electrons. The number of hydrogen-bond acceptors (Lipinski definition) is 2. The van der Waals surface area contributed by atoms with E-state index in [1.54, 1.807) is 0 Å². The van der Waals surface area contributed by atoms with Gasteiger partial charge in [-0.1, -0.05) is 6.08 Å². The maximum Gasteiger partial charge on any atom is 0.0644 e. The van der Waals surface area contributed by atoms with Crippen LogP contribution in [0, 0.1) is 13.8 Å². The Hall–Kier alpha value is -1.09. The number of aryl methyl sites for hydroxylation is 2. The molecular formula is C10H17N3. The van der Waals surface area contributed by atoms with Crippen LogP contribution in [-0.4, -0.2) is 9.78 Å². The minimum absolute atomic E-state index is 0.0335. The highest BCUT2D eigenvalue weighted by Crippen LogP contribution is 2.21. The van der Waals surface area contributed by atoms with Crippen molar-refractivity contribution in [2.75, 3.05) is 0 Å². The van der Waals surface area contributed by atoms with Crippen LogP contribution < -0.4 is 5.73 Å². The van der Waals surface area contributed by atoms with Crippen LogP contribution in [-0.2, 0) is 7.05 Å².